The first-order valence-electron chi connectivity index (χ1n) is 6.81. The van der Waals surface area contributed by atoms with Gasteiger partial charge in [-0.25, -0.2) is 15.0 Å². The van der Waals surface area contributed by atoms with Gasteiger partial charge in [-0.05, 0) is 12.2 Å². The molecule has 2 aliphatic rings. The van der Waals surface area contributed by atoms with Gasteiger partial charge in [-0.15, -0.1) is 0 Å². The lowest BCUT2D eigenvalue weighted by molar-refractivity contribution is -0.159. The molecule has 0 spiro atoms. The van der Waals surface area contributed by atoms with Crippen LogP contribution >= 0.6 is 0 Å². The van der Waals surface area contributed by atoms with Crippen molar-refractivity contribution in [1.82, 2.24) is 19.5 Å². The molecule has 0 radical (unpaired) electrons. The summed E-state index contributed by atoms with van der Waals surface area (Å²) in [5.74, 6) is 0.169. The van der Waals surface area contributed by atoms with E-state index in [1.54, 1.807) is 0 Å². The first-order chi connectivity index (χ1) is 10.4. The minimum atomic E-state index is -1.80. The summed E-state index contributed by atoms with van der Waals surface area (Å²) in [6.07, 6.45) is 2.72. The Balaban J connectivity index is 1.91. The van der Waals surface area contributed by atoms with Crippen molar-refractivity contribution < 1.29 is 21.4 Å². The second-order valence-corrected chi connectivity index (χ2v) is 5.08. The Morgan fingerprint density at radius 1 is 1.43 bits per heavy atom. The van der Waals surface area contributed by atoms with Gasteiger partial charge in [0.15, 0.2) is 17.1 Å². The maximum atomic E-state index is 10.7. The van der Waals surface area contributed by atoms with Crippen molar-refractivity contribution in [3.05, 3.63) is 24.8 Å². The summed E-state index contributed by atoms with van der Waals surface area (Å²) in [4.78, 5) is 12.0. The van der Waals surface area contributed by atoms with Gasteiger partial charge in [0.05, 0.1) is 14.3 Å². The molecule has 21 heavy (non-hydrogen) atoms. The van der Waals surface area contributed by atoms with Gasteiger partial charge in [-0.3, -0.25) is 4.57 Å². The highest BCUT2D eigenvalue weighted by Crippen LogP contribution is 2.52. The van der Waals surface area contributed by atoms with Gasteiger partial charge in [0.1, 0.15) is 24.1 Å². The van der Waals surface area contributed by atoms with E-state index in [4.69, 9.17) is 11.8 Å². The fraction of sp³-hybridized carbons (Fsp3) is 0.417. The molecule has 2 aromatic heterocycles. The molecule has 5 atom stereocenters. The van der Waals surface area contributed by atoms with Crippen LogP contribution in [0.2, 0.25) is 0 Å². The Hall–Kier alpha value is -2.07. The molecule has 0 bridgehead atoms. The minimum Gasteiger partial charge on any atom is -0.394 e. The topological polar surface area (TPSA) is 140 Å². The molecule has 0 aromatic carbocycles. The zero-order valence-electron chi connectivity index (χ0n) is 11.7. The minimum absolute atomic E-state index is 0.169. The van der Waals surface area contributed by atoms with Crippen molar-refractivity contribution in [3.8, 4) is 0 Å². The number of nitrogen functional groups attached to an aromatic ring is 1. The van der Waals surface area contributed by atoms with Gasteiger partial charge in [0.2, 0.25) is 5.72 Å². The molecular weight excluding hydrogens is 278 g/mol. The van der Waals surface area contributed by atoms with Crippen molar-refractivity contribution >= 4 is 17.0 Å². The first kappa shape index (κ1) is 11.6. The van der Waals surface area contributed by atoms with E-state index in [9.17, 15) is 15.3 Å². The number of hydrogen-bond donors (Lipinski definition) is 4. The van der Waals surface area contributed by atoms with Gasteiger partial charge in [-0.1, -0.05) is 0 Å². The van der Waals surface area contributed by atoms with Crippen LogP contribution in [0.5, 0.6) is 0 Å². The number of rotatable bonds is 2. The predicted molar refractivity (Wildman–Crippen MR) is 69.8 cm³/mol. The fourth-order valence-corrected chi connectivity index (χ4v) is 2.90. The predicted octanol–water partition coefficient (Wildman–Crippen LogP) is -1.89. The molecule has 1 fully saturated rings. The van der Waals surface area contributed by atoms with E-state index in [0.717, 1.165) is 0 Å². The summed E-state index contributed by atoms with van der Waals surface area (Å²) in [5, 5.41) is 30.4. The summed E-state index contributed by atoms with van der Waals surface area (Å²) in [5.41, 5.74) is 3.06. The fourth-order valence-electron chi connectivity index (χ4n) is 2.90. The summed E-state index contributed by atoms with van der Waals surface area (Å²) < 4.78 is 14.4. The smallest absolute Gasteiger partial charge is 0.202 e. The number of imidazole rings is 1. The van der Waals surface area contributed by atoms with Crippen LogP contribution in [-0.2, 0) is 10.5 Å². The lowest BCUT2D eigenvalue weighted by atomic mass is 9.76. The number of anilines is 1. The van der Waals surface area contributed by atoms with E-state index in [0.29, 0.717) is 11.2 Å². The van der Waals surface area contributed by atoms with Crippen LogP contribution < -0.4 is 5.73 Å². The van der Waals surface area contributed by atoms with Gasteiger partial charge < -0.3 is 25.8 Å². The van der Waals surface area contributed by atoms with E-state index in [1.165, 1.54) is 29.4 Å². The van der Waals surface area contributed by atoms with Gasteiger partial charge >= 0.3 is 0 Å². The molecule has 1 aliphatic heterocycles. The molecule has 4 rings (SSSR count). The van der Waals surface area contributed by atoms with Crippen LogP contribution in [0.25, 0.3) is 11.2 Å². The summed E-state index contributed by atoms with van der Waals surface area (Å²) in [7, 11) is 0. The third-order valence-corrected chi connectivity index (χ3v) is 4.08. The van der Waals surface area contributed by atoms with E-state index in [-0.39, 0.29) is 5.82 Å². The Labute approximate surface area is 119 Å². The van der Waals surface area contributed by atoms with Gasteiger partial charge in [0.25, 0.3) is 0 Å². The van der Waals surface area contributed by atoms with Crippen LogP contribution in [-0.4, -0.2) is 59.2 Å². The number of nitrogens with zero attached hydrogens (tertiary/aromatic N) is 4. The highest BCUT2D eigenvalue weighted by molar-refractivity contribution is 5.81. The number of ether oxygens (including phenoxy) is 1. The quantitative estimate of drug-likeness (QED) is 0.471. The number of fused-ring (bicyclic) bond motifs is 2. The highest BCUT2D eigenvalue weighted by atomic mass is 16.6. The van der Waals surface area contributed by atoms with Crippen molar-refractivity contribution in [2.24, 2.45) is 0 Å². The molecule has 9 heteroatoms. The molecule has 3 heterocycles. The molecule has 5 N–H and O–H groups in total. The van der Waals surface area contributed by atoms with E-state index < -0.39 is 30.1 Å². The average molecular weight is 292 g/mol. The SMILES string of the molecule is [2H]C(O)[C@H]1O[C@]2(n3cnc4c(N)ncnc43)C=C[C@@]2(O)[C@@H]1O. The first-order valence-corrected chi connectivity index (χ1v) is 6.24. The Kier molecular flexibility index (Phi) is 2.08. The third-order valence-electron chi connectivity index (χ3n) is 4.08. The number of aromatic nitrogens is 4. The maximum Gasteiger partial charge on any atom is 0.202 e. The standard InChI is InChI=1S/C12H13N5O4/c13-9-7-10(15-4-14-9)17(5-16-7)12-2-1-11(12,20)8(19)6(3-18)21-12/h1-2,4-6,8,18-20H,3H2,(H2,13,14,15)/t6-,8-,11-,12-/m1/s1/i3D/t3?,6-,8-,11-,12-. The molecule has 2 aromatic rings. The zero-order chi connectivity index (χ0) is 15.7. The number of hydrogen-bond acceptors (Lipinski definition) is 8. The van der Waals surface area contributed by atoms with Gasteiger partial charge in [0, 0.05) is 0 Å². The lowest BCUT2D eigenvalue weighted by Crippen LogP contribution is -2.60. The van der Waals surface area contributed by atoms with Gasteiger partial charge in [-0.2, -0.15) is 0 Å². The molecule has 0 amide bonds. The summed E-state index contributed by atoms with van der Waals surface area (Å²) >= 11 is 0. The Morgan fingerprint density at radius 3 is 2.90 bits per heavy atom. The zero-order valence-corrected chi connectivity index (χ0v) is 10.7. The molecule has 110 valence electrons. The Morgan fingerprint density at radius 2 is 2.24 bits per heavy atom. The Bertz CT molecular complexity index is 795. The monoisotopic (exact) mass is 292 g/mol. The number of aliphatic hydroxyl groups is 3. The van der Waals surface area contributed by atoms with Crippen molar-refractivity contribution in [3.63, 3.8) is 0 Å². The van der Waals surface area contributed by atoms with Crippen LogP contribution in [0, 0.1) is 0 Å². The lowest BCUT2D eigenvalue weighted by Gasteiger charge is -2.45. The molecule has 0 saturated carbocycles. The van der Waals surface area contributed by atoms with Crippen molar-refractivity contribution in [1.29, 1.82) is 0 Å². The van der Waals surface area contributed by atoms with Crippen LogP contribution in [0.15, 0.2) is 24.8 Å². The largest absolute Gasteiger partial charge is 0.394 e. The van der Waals surface area contributed by atoms with Crippen molar-refractivity contribution in [2.45, 2.75) is 23.5 Å². The molecule has 9 nitrogen and oxygen atoms in total. The van der Waals surface area contributed by atoms with E-state index >= 15 is 0 Å². The van der Waals surface area contributed by atoms with Crippen LogP contribution in [0.4, 0.5) is 5.82 Å². The van der Waals surface area contributed by atoms with E-state index in [1.807, 2.05) is 0 Å². The maximum absolute atomic E-state index is 10.7. The molecule has 1 saturated heterocycles. The van der Waals surface area contributed by atoms with E-state index in [2.05, 4.69) is 15.0 Å². The number of aliphatic hydroxyl groups excluding tert-OH is 2. The second-order valence-electron chi connectivity index (χ2n) is 5.08. The second kappa shape index (κ2) is 3.77. The van der Waals surface area contributed by atoms with Crippen LogP contribution in [0.1, 0.15) is 1.37 Å². The normalized spacial score (nSPS) is 39.9. The van der Waals surface area contributed by atoms with Crippen molar-refractivity contribution in [2.75, 3.05) is 12.3 Å². The number of nitrogens with two attached hydrogens (primary N) is 1. The molecule has 1 unspecified atom stereocenters. The molecular formula is C12H13N5O4. The van der Waals surface area contributed by atoms with Crippen LogP contribution in [0.3, 0.4) is 0 Å². The summed E-state index contributed by atoms with van der Waals surface area (Å²) in [6.45, 7) is -1.71. The molecule has 1 aliphatic carbocycles. The average Bonchev–Trinajstić information content (AvgIpc) is 2.96. The summed E-state index contributed by atoms with van der Waals surface area (Å²) in [6, 6.07) is 0. The highest BCUT2D eigenvalue weighted by Gasteiger charge is 2.69. The third kappa shape index (κ3) is 1.27.